The quantitative estimate of drug-likeness (QED) is 0.696. The number of pyridine rings is 1. The van der Waals surface area contributed by atoms with Crippen LogP contribution in [0.25, 0.3) is 16.6 Å². The van der Waals surface area contributed by atoms with Gasteiger partial charge in [0.1, 0.15) is 5.56 Å². The van der Waals surface area contributed by atoms with Crippen LogP contribution in [-0.2, 0) is 4.74 Å². The zero-order valence-corrected chi connectivity index (χ0v) is 13.1. The molecular formula is C19H17NO3. The van der Waals surface area contributed by atoms with Crippen LogP contribution in [0.15, 0.2) is 59.5 Å². The fraction of sp³-hybridized carbons (Fsp3) is 0.158. The monoisotopic (exact) mass is 307 g/mol. The number of hydrogen-bond acceptors (Lipinski definition) is 3. The van der Waals surface area contributed by atoms with E-state index < -0.39 is 5.97 Å². The molecule has 0 aliphatic rings. The lowest BCUT2D eigenvalue weighted by atomic mass is 10.1. The summed E-state index contributed by atoms with van der Waals surface area (Å²) in [5, 5.41) is 0.499. The lowest BCUT2D eigenvalue weighted by Gasteiger charge is -2.13. The molecule has 0 bridgehead atoms. The van der Waals surface area contributed by atoms with Crippen LogP contribution >= 0.6 is 0 Å². The Morgan fingerprint density at radius 1 is 1.09 bits per heavy atom. The summed E-state index contributed by atoms with van der Waals surface area (Å²) in [6.07, 6.45) is 1.56. The minimum atomic E-state index is -0.593. The van der Waals surface area contributed by atoms with Crippen LogP contribution in [0.5, 0.6) is 0 Å². The Bertz CT molecular complexity index is 923. The predicted molar refractivity (Wildman–Crippen MR) is 90.2 cm³/mol. The van der Waals surface area contributed by atoms with E-state index in [4.69, 9.17) is 4.74 Å². The molecule has 116 valence electrons. The second kappa shape index (κ2) is 6.08. The minimum Gasteiger partial charge on any atom is -0.462 e. The number of aromatic nitrogens is 1. The molecular weight excluding hydrogens is 290 g/mol. The van der Waals surface area contributed by atoms with Crippen molar-refractivity contribution in [2.45, 2.75) is 13.8 Å². The Balaban J connectivity index is 2.32. The van der Waals surface area contributed by atoms with Crippen molar-refractivity contribution in [3.05, 3.63) is 76.1 Å². The molecule has 0 aliphatic heterocycles. The number of ether oxygens (including phenoxy) is 1. The third kappa shape index (κ3) is 2.75. The second-order valence-electron chi connectivity index (χ2n) is 5.32. The summed E-state index contributed by atoms with van der Waals surface area (Å²) in [5.41, 5.74) is 2.53. The third-order valence-corrected chi connectivity index (χ3v) is 3.72. The Morgan fingerprint density at radius 3 is 2.48 bits per heavy atom. The first-order valence-corrected chi connectivity index (χ1v) is 7.50. The summed E-state index contributed by atoms with van der Waals surface area (Å²) in [4.78, 5) is 24.7. The molecule has 0 saturated carbocycles. The largest absolute Gasteiger partial charge is 0.462 e. The van der Waals surface area contributed by atoms with Gasteiger partial charge in [0.15, 0.2) is 0 Å². The van der Waals surface area contributed by atoms with Gasteiger partial charge in [-0.1, -0.05) is 29.8 Å². The van der Waals surface area contributed by atoms with Crippen molar-refractivity contribution in [3.63, 3.8) is 0 Å². The Morgan fingerprint density at radius 2 is 1.78 bits per heavy atom. The van der Waals surface area contributed by atoms with Crippen molar-refractivity contribution in [3.8, 4) is 5.69 Å². The van der Waals surface area contributed by atoms with E-state index in [9.17, 15) is 9.59 Å². The highest BCUT2D eigenvalue weighted by atomic mass is 16.5. The van der Waals surface area contributed by atoms with E-state index in [1.807, 2.05) is 47.9 Å². The number of hydrogen-bond donors (Lipinski definition) is 0. The normalized spacial score (nSPS) is 10.7. The van der Waals surface area contributed by atoms with E-state index in [1.165, 1.54) is 0 Å². The first kappa shape index (κ1) is 15.0. The van der Waals surface area contributed by atoms with Crippen molar-refractivity contribution < 1.29 is 9.53 Å². The van der Waals surface area contributed by atoms with Gasteiger partial charge in [0.05, 0.1) is 12.1 Å². The predicted octanol–water partition coefficient (Wildman–Crippen LogP) is 3.48. The molecule has 1 heterocycles. The molecule has 1 aromatic heterocycles. The molecule has 3 rings (SSSR count). The number of fused-ring (bicyclic) bond motifs is 1. The third-order valence-electron chi connectivity index (χ3n) is 3.72. The van der Waals surface area contributed by atoms with Gasteiger partial charge in [-0.25, -0.2) is 4.79 Å². The Labute approximate surface area is 133 Å². The van der Waals surface area contributed by atoms with Gasteiger partial charge in [-0.3, -0.25) is 4.79 Å². The number of aryl methyl sites for hydroxylation is 1. The second-order valence-corrected chi connectivity index (χ2v) is 5.32. The van der Waals surface area contributed by atoms with Gasteiger partial charge in [-0.05, 0) is 38.1 Å². The number of carbonyl (C=O) groups excluding carboxylic acids is 1. The molecule has 0 saturated heterocycles. The van der Waals surface area contributed by atoms with E-state index in [2.05, 4.69) is 0 Å². The Hall–Kier alpha value is -2.88. The molecule has 4 heteroatoms. The fourth-order valence-electron chi connectivity index (χ4n) is 2.55. The molecule has 0 N–H and O–H groups in total. The minimum absolute atomic E-state index is 0.0473. The van der Waals surface area contributed by atoms with Crippen LogP contribution in [0.2, 0.25) is 0 Å². The SMILES string of the molecule is CCOC(=O)c1cn(-c2ccc(C)cc2)c2ccccc2c1=O. The van der Waals surface area contributed by atoms with E-state index >= 15 is 0 Å². The van der Waals surface area contributed by atoms with Crippen molar-refractivity contribution in [1.82, 2.24) is 4.57 Å². The lowest BCUT2D eigenvalue weighted by Crippen LogP contribution is -2.20. The number of nitrogens with zero attached hydrogens (tertiary/aromatic N) is 1. The fourth-order valence-corrected chi connectivity index (χ4v) is 2.55. The van der Waals surface area contributed by atoms with E-state index in [0.29, 0.717) is 5.39 Å². The summed E-state index contributed by atoms with van der Waals surface area (Å²) in [6.45, 7) is 3.96. The van der Waals surface area contributed by atoms with Crippen LogP contribution in [-0.4, -0.2) is 17.1 Å². The van der Waals surface area contributed by atoms with Crippen LogP contribution in [0.1, 0.15) is 22.8 Å². The van der Waals surface area contributed by atoms with Crippen molar-refractivity contribution in [2.24, 2.45) is 0 Å². The van der Waals surface area contributed by atoms with Crippen molar-refractivity contribution in [2.75, 3.05) is 6.61 Å². The molecule has 0 fully saturated rings. The zero-order valence-electron chi connectivity index (χ0n) is 13.1. The van der Waals surface area contributed by atoms with Gasteiger partial charge in [0.25, 0.3) is 0 Å². The van der Waals surface area contributed by atoms with Gasteiger partial charge in [0, 0.05) is 17.3 Å². The summed E-state index contributed by atoms with van der Waals surface area (Å²) in [5.74, 6) is -0.593. The van der Waals surface area contributed by atoms with Gasteiger partial charge < -0.3 is 9.30 Å². The highest BCUT2D eigenvalue weighted by molar-refractivity contribution is 5.94. The van der Waals surface area contributed by atoms with Crippen molar-refractivity contribution >= 4 is 16.9 Å². The standard InChI is InChI=1S/C19H17NO3/c1-3-23-19(22)16-12-20(14-10-8-13(2)9-11-14)17-7-5-4-6-15(17)18(16)21/h4-12H,3H2,1-2H3. The molecule has 4 nitrogen and oxygen atoms in total. The van der Waals surface area contributed by atoms with E-state index in [1.54, 1.807) is 25.3 Å². The average Bonchev–Trinajstić information content (AvgIpc) is 2.57. The first-order chi connectivity index (χ1) is 11.1. The molecule has 0 atom stereocenters. The lowest BCUT2D eigenvalue weighted by molar-refractivity contribution is 0.0524. The van der Waals surface area contributed by atoms with Crippen LogP contribution in [0.4, 0.5) is 0 Å². The number of carbonyl (C=O) groups is 1. The maximum atomic E-state index is 12.6. The van der Waals surface area contributed by atoms with E-state index in [-0.39, 0.29) is 17.6 Å². The maximum Gasteiger partial charge on any atom is 0.343 e. The molecule has 0 aliphatic carbocycles. The summed E-state index contributed by atoms with van der Waals surface area (Å²) >= 11 is 0. The number of benzene rings is 2. The molecule has 2 aromatic carbocycles. The number of esters is 1. The summed E-state index contributed by atoms with van der Waals surface area (Å²) in [7, 11) is 0. The summed E-state index contributed by atoms with van der Waals surface area (Å²) in [6, 6.07) is 15.2. The smallest absolute Gasteiger partial charge is 0.343 e. The highest BCUT2D eigenvalue weighted by Gasteiger charge is 2.16. The van der Waals surface area contributed by atoms with Gasteiger partial charge in [0.2, 0.25) is 5.43 Å². The maximum absolute atomic E-state index is 12.6. The highest BCUT2D eigenvalue weighted by Crippen LogP contribution is 2.18. The van der Waals surface area contributed by atoms with Crippen LogP contribution < -0.4 is 5.43 Å². The summed E-state index contributed by atoms with van der Waals surface area (Å²) < 4.78 is 6.87. The van der Waals surface area contributed by atoms with Crippen LogP contribution in [0.3, 0.4) is 0 Å². The first-order valence-electron chi connectivity index (χ1n) is 7.50. The number of para-hydroxylation sites is 1. The van der Waals surface area contributed by atoms with Gasteiger partial charge >= 0.3 is 5.97 Å². The van der Waals surface area contributed by atoms with Crippen molar-refractivity contribution in [1.29, 1.82) is 0 Å². The van der Waals surface area contributed by atoms with Crippen LogP contribution in [0, 0.1) is 6.92 Å². The van der Waals surface area contributed by atoms with Gasteiger partial charge in [-0.15, -0.1) is 0 Å². The molecule has 3 aromatic rings. The number of rotatable bonds is 3. The zero-order chi connectivity index (χ0) is 16.4. The molecule has 0 radical (unpaired) electrons. The van der Waals surface area contributed by atoms with Gasteiger partial charge in [-0.2, -0.15) is 0 Å². The van der Waals surface area contributed by atoms with E-state index in [0.717, 1.165) is 16.8 Å². The Kier molecular flexibility index (Phi) is 3.98. The molecule has 0 spiro atoms. The topological polar surface area (TPSA) is 48.3 Å². The average molecular weight is 307 g/mol. The molecule has 23 heavy (non-hydrogen) atoms. The molecule has 0 amide bonds. The molecule has 0 unspecified atom stereocenters.